The van der Waals surface area contributed by atoms with Crippen molar-refractivity contribution in [2.75, 3.05) is 11.9 Å². The van der Waals surface area contributed by atoms with Crippen LogP contribution in [0.2, 0.25) is 5.02 Å². The molecular formula is C27H23ClFN3O4. The topological polar surface area (TPSA) is 84.7 Å². The SMILES string of the molecule is O=C1Nc2ccccc2[C@]12[C@H]([N+](=O)[O-])[C@@H](c1ccc(OCc3ccc(F)cc3)c(Cl)c1)[C@@H]1CCCN12. The summed E-state index contributed by atoms with van der Waals surface area (Å²) < 4.78 is 19.0. The molecule has 0 unspecified atom stereocenters. The first kappa shape index (κ1) is 22.9. The molecule has 3 aromatic carbocycles. The van der Waals surface area contributed by atoms with Gasteiger partial charge in [0.2, 0.25) is 0 Å². The predicted molar refractivity (Wildman–Crippen MR) is 132 cm³/mol. The van der Waals surface area contributed by atoms with Gasteiger partial charge in [0.1, 0.15) is 18.2 Å². The van der Waals surface area contributed by atoms with Crippen LogP contribution < -0.4 is 10.1 Å². The molecule has 3 aliphatic rings. The molecule has 1 spiro atoms. The van der Waals surface area contributed by atoms with Gasteiger partial charge in [0.15, 0.2) is 5.54 Å². The molecule has 0 radical (unpaired) electrons. The Kier molecular flexibility index (Phi) is 5.46. The number of para-hydroxylation sites is 1. The van der Waals surface area contributed by atoms with Gasteiger partial charge in [-0.25, -0.2) is 4.39 Å². The first-order chi connectivity index (χ1) is 17.4. The Balaban J connectivity index is 1.37. The maximum absolute atomic E-state index is 13.5. The molecule has 0 saturated carbocycles. The van der Waals surface area contributed by atoms with Gasteiger partial charge in [-0.05, 0) is 54.3 Å². The lowest BCUT2D eigenvalue weighted by Gasteiger charge is -2.32. The molecule has 2 saturated heterocycles. The van der Waals surface area contributed by atoms with Crippen molar-refractivity contribution in [1.29, 1.82) is 0 Å². The Labute approximate surface area is 212 Å². The smallest absolute Gasteiger partial charge is 0.256 e. The molecule has 3 heterocycles. The first-order valence-electron chi connectivity index (χ1n) is 11.9. The summed E-state index contributed by atoms with van der Waals surface area (Å²) in [5.74, 6) is -0.758. The zero-order chi connectivity index (χ0) is 25.0. The van der Waals surface area contributed by atoms with Crippen molar-refractivity contribution < 1.29 is 18.8 Å². The number of nitro groups is 1. The van der Waals surface area contributed by atoms with Gasteiger partial charge in [-0.15, -0.1) is 0 Å². The van der Waals surface area contributed by atoms with Gasteiger partial charge in [-0.3, -0.25) is 19.8 Å². The number of halogens is 2. The number of amides is 1. The third-order valence-electron chi connectivity index (χ3n) is 7.74. The highest BCUT2D eigenvalue weighted by molar-refractivity contribution is 6.32. The number of carbonyl (C=O) groups excluding carboxylic acids is 1. The molecule has 1 N–H and O–H groups in total. The molecule has 0 bridgehead atoms. The van der Waals surface area contributed by atoms with Gasteiger partial charge < -0.3 is 10.1 Å². The molecule has 0 aromatic heterocycles. The number of benzene rings is 3. The van der Waals surface area contributed by atoms with Crippen LogP contribution >= 0.6 is 11.6 Å². The van der Waals surface area contributed by atoms with Gasteiger partial charge in [0.05, 0.1) is 10.9 Å². The summed E-state index contributed by atoms with van der Waals surface area (Å²) in [6, 6.07) is 17.1. The molecule has 3 aromatic rings. The number of nitrogens with one attached hydrogen (secondary N) is 1. The van der Waals surface area contributed by atoms with Gasteiger partial charge in [0.25, 0.3) is 11.9 Å². The van der Waals surface area contributed by atoms with Crippen molar-refractivity contribution in [1.82, 2.24) is 4.90 Å². The molecular weight excluding hydrogens is 485 g/mol. The normalized spacial score (nSPS) is 26.6. The molecule has 7 nitrogen and oxygen atoms in total. The Morgan fingerprint density at radius 2 is 1.94 bits per heavy atom. The zero-order valence-electron chi connectivity index (χ0n) is 19.2. The fraction of sp³-hybridized carbons (Fsp3) is 0.296. The second-order valence-electron chi connectivity index (χ2n) is 9.53. The fourth-order valence-corrected chi connectivity index (χ4v) is 6.60. The summed E-state index contributed by atoms with van der Waals surface area (Å²) in [5.41, 5.74) is 1.42. The highest BCUT2D eigenvalue weighted by Crippen LogP contribution is 2.58. The molecule has 1 amide bonds. The third-order valence-corrected chi connectivity index (χ3v) is 8.04. The summed E-state index contributed by atoms with van der Waals surface area (Å²) in [5, 5.41) is 15.9. The monoisotopic (exact) mass is 507 g/mol. The molecule has 2 fully saturated rings. The summed E-state index contributed by atoms with van der Waals surface area (Å²) >= 11 is 6.58. The van der Waals surface area contributed by atoms with Crippen LogP contribution in [0.1, 0.15) is 35.4 Å². The van der Waals surface area contributed by atoms with E-state index in [0.29, 0.717) is 34.1 Å². The number of anilines is 1. The minimum atomic E-state index is -1.36. The van der Waals surface area contributed by atoms with Gasteiger partial charge >= 0.3 is 0 Å². The molecule has 0 aliphatic carbocycles. The van der Waals surface area contributed by atoms with Crippen LogP contribution in [0.4, 0.5) is 10.1 Å². The lowest BCUT2D eigenvalue weighted by molar-refractivity contribution is -0.534. The maximum Gasteiger partial charge on any atom is 0.256 e. The number of hydrogen-bond donors (Lipinski definition) is 1. The minimum Gasteiger partial charge on any atom is -0.487 e. The molecule has 4 atom stereocenters. The second-order valence-corrected chi connectivity index (χ2v) is 9.94. The number of hydrogen-bond acceptors (Lipinski definition) is 5. The van der Waals surface area contributed by atoms with Gasteiger partial charge in [-0.2, -0.15) is 0 Å². The first-order valence-corrected chi connectivity index (χ1v) is 12.3. The van der Waals surface area contributed by atoms with E-state index >= 15 is 0 Å². The Hall–Kier alpha value is -3.49. The Morgan fingerprint density at radius 3 is 2.69 bits per heavy atom. The zero-order valence-corrected chi connectivity index (χ0v) is 20.0. The van der Waals surface area contributed by atoms with Gasteiger partial charge in [-0.1, -0.05) is 48.0 Å². The summed E-state index contributed by atoms with van der Waals surface area (Å²) in [4.78, 5) is 28.0. The van der Waals surface area contributed by atoms with E-state index in [1.165, 1.54) is 12.1 Å². The number of carbonyl (C=O) groups is 1. The van der Waals surface area contributed by atoms with Gasteiger partial charge in [0, 0.05) is 28.8 Å². The lowest BCUT2D eigenvalue weighted by atomic mass is 9.77. The quantitative estimate of drug-likeness (QED) is 0.383. The predicted octanol–water partition coefficient (Wildman–Crippen LogP) is 5.11. The van der Waals surface area contributed by atoms with Crippen molar-refractivity contribution in [3.8, 4) is 5.75 Å². The molecule has 3 aliphatic heterocycles. The highest BCUT2D eigenvalue weighted by atomic mass is 35.5. The third kappa shape index (κ3) is 3.32. The summed E-state index contributed by atoms with van der Waals surface area (Å²) in [6.45, 7) is 0.816. The number of rotatable bonds is 5. The largest absolute Gasteiger partial charge is 0.487 e. The van der Waals surface area contributed by atoms with Crippen molar-refractivity contribution >= 4 is 23.2 Å². The molecule has 36 heavy (non-hydrogen) atoms. The van der Waals surface area contributed by atoms with Crippen molar-refractivity contribution in [3.05, 3.63) is 104 Å². The highest BCUT2D eigenvalue weighted by Gasteiger charge is 2.73. The van der Waals surface area contributed by atoms with Crippen LogP contribution in [-0.2, 0) is 16.9 Å². The molecule has 9 heteroatoms. The lowest BCUT2D eigenvalue weighted by Crippen LogP contribution is -2.55. The van der Waals surface area contributed by atoms with Crippen LogP contribution in [0.5, 0.6) is 5.75 Å². The van der Waals surface area contributed by atoms with Crippen molar-refractivity contribution in [3.63, 3.8) is 0 Å². The van der Waals surface area contributed by atoms with E-state index in [1.807, 2.05) is 23.1 Å². The summed E-state index contributed by atoms with van der Waals surface area (Å²) in [7, 11) is 0. The Morgan fingerprint density at radius 1 is 1.17 bits per heavy atom. The Bertz CT molecular complexity index is 1370. The average molecular weight is 508 g/mol. The van der Waals surface area contributed by atoms with E-state index in [4.69, 9.17) is 16.3 Å². The van der Waals surface area contributed by atoms with Crippen LogP contribution in [0.15, 0.2) is 66.7 Å². The van der Waals surface area contributed by atoms with Crippen molar-refractivity contribution in [2.24, 2.45) is 0 Å². The van der Waals surface area contributed by atoms with E-state index < -0.39 is 17.5 Å². The summed E-state index contributed by atoms with van der Waals surface area (Å²) in [6.07, 6.45) is 1.61. The maximum atomic E-state index is 13.5. The van der Waals surface area contributed by atoms with Crippen LogP contribution in [-0.4, -0.2) is 34.4 Å². The van der Waals surface area contributed by atoms with Crippen LogP contribution in [0.25, 0.3) is 0 Å². The standard InChI is InChI=1S/C27H23ClFN3O4/c28-20-14-17(9-12-23(20)36-15-16-7-10-18(29)11-8-16)24-22-6-3-13-31(22)27(25(24)32(34)35)19-4-1-2-5-21(19)30-26(27)33/h1-2,4-5,7-12,14,22,24-25H,3,6,13,15H2,(H,30,33)/t22-,24-,25+,27-/m0/s1. The number of fused-ring (bicyclic) bond motifs is 4. The van der Waals surface area contributed by atoms with Crippen LogP contribution in [0, 0.1) is 15.9 Å². The van der Waals surface area contributed by atoms with E-state index in [2.05, 4.69) is 5.32 Å². The van der Waals surface area contributed by atoms with E-state index in [9.17, 15) is 19.3 Å². The molecule has 184 valence electrons. The van der Waals surface area contributed by atoms with E-state index in [-0.39, 0.29) is 29.3 Å². The van der Waals surface area contributed by atoms with E-state index in [0.717, 1.165) is 18.4 Å². The van der Waals surface area contributed by atoms with Crippen molar-refractivity contribution in [2.45, 2.75) is 43.0 Å². The van der Waals surface area contributed by atoms with E-state index in [1.54, 1.807) is 36.4 Å². The number of nitrogens with zero attached hydrogens (tertiary/aromatic N) is 2. The fourth-order valence-electron chi connectivity index (χ4n) is 6.36. The molecule has 6 rings (SSSR count). The second kappa shape index (κ2) is 8.57. The number of ether oxygens (including phenoxy) is 1. The van der Waals surface area contributed by atoms with Crippen LogP contribution in [0.3, 0.4) is 0 Å². The average Bonchev–Trinajstić information content (AvgIpc) is 3.52. The minimum absolute atomic E-state index is 0.167.